The van der Waals surface area contributed by atoms with E-state index in [1.807, 2.05) is 67.6 Å². The Morgan fingerprint density at radius 3 is 1.53 bits per heavy atom. The van der Waals surface area contributed by atoms with Gasteiger partial charge < -0.3 is 70.6 Å². The maximum absolute atomic E-state index is 12.1. The monoisotopic (exact) mass is 824 g/mol. The van der Waals surface area contributed by atoms with Gasteiger partial charge in [0.1, 0.15) is 5.82 Å². The molecule has 3 fully saturated rings. The second-order valence-electron chi connectivity index (χ2n) is 15.0. The number of nitrogen functional groups attached to an aromatic ring is 1. The summed E-state index contributed by atoms with van der Waals surface area (Å²) in [6.45, 7) is 11.2. The van der Waals surface area contributed by atoms with Crippen LogP contribution >= 0.6 is 0 Å². The largest absolute Gasteiger partial charge is 0.437 e. The summed E-state index contributed by atoms with van der Waals surface area (Å²) in [4.78, 5) is 41.0. The number of pyridine rings is 3. The summed E-state index contributed by atoms with van der Waals surface area (Å²) in [5, 5.41) is 52.4. The number of nitro groups is 2. The fraction of sp³-hybridized carbons (Fsp3) is 0.583. The van der Waals surface area contributed by atoms with Crippen molar-refractivity contribution in [2.24, 2.45) is 0 Å². The van der Waals surface area contributed by atoms with Crippen molar-refractivity contribution in [3.63, 3.8) is 0 Å². The number of nitrogens with one attached hydrogen (secondary N) is 1. The summed E-state index contributed by atoms with van der Waals surface area (Å²) in [5.74, 6) is -0.510. The Kier molecular flexibility index (Phi) is 20.3. The van der Waals surface area contributed by atoms with Crippen molar-refractivity contribution in [2.45, 2.75) is 77.1 Å². The number of rotatable bonds is 10. The molecule has 3 atom stereocenters. The predicted molar refractivity (Wildman–Crippen MR) is 232 cm³/mol. The minimum absolute atomic E-state index is 0.136. The number of nitrogens with two attached hydrogens (primary N) is 1. The minimum Gasteiger partial charge on any atom is -0.437 e. The first-order chi connectivity index (χ1) is 28.0. The molecule has 0 spiro atoms. The van der Waals surface area contributed by atoms with Crippen LogP contribution in [-0.2, 0) is 0 Å². The van der Waals surface area contributed by atoms with E-state index < -0.39 is 29.8 Å². The quantitative estimate of drug-likeness (QED) is 0.112. The molecule has 19 nitrogen and oxygen atoms in total. The highest BCUT2D eigenvalue weighted by molar-refractivity contribution is 6.45. The van der Waals surface area contributed by atoms with E-state index in [9.17, 15) is 39.7 Å². The minimum atomic E-state index is -0.681. The van der Waals surface area contributed by atoms with E-state index >= 15 is 0 Å². The number of nitrogens with zero attached hydrogens (tertiary/aromatic N) is 10. The molecule has 59 heavy (non-hydrogen) atoms. The molecule has 0 aromatic carbocycles. The molecule has 6 rings (SSSR count). The molecule has 3 saturated heterocycles. The molecule has 6 heterocycles. The summed E-state index contributed by atoms with van der Waals surface area (Å²) in [5.41, 5.74) is 7.59. The molecule has 322 valence electrons. The van der Waals surface area contributed by atoms with E-state index in [0.29, 0.717) is 17.9 Å². The van der Waals surface area contributed by atoms with E-state index in [2.05, 4.69) is 30.1 Å². The number of halogens is 1. The van der Waals surface area contributed by atoms with Gasteiger partial charge >= 0.3 is 32.8 Å². The molecule has 0 amide bonds. The van der Waals surface area contributed by atoms with Gasteiger partial charge in [0.2, 0.25) is 0 Å². The van der Waals surface area contributed by atoms with E-state index in [-0.39, 0.29) is 24.7 Å². The van der Waals surface area contributed by atoms with Crippen LogP contribution in [0.15, 0.2) is 55.0 Å². The van der Waals surface area contributed by atoms with Gasteiger partial charge in [-0.15, -0.1) is 0 Å². The fourth-order valence-electron chi connectivity index (χ4n) is 6.87. The number of likely N-dealkylation sites (N-methyl/N-ethyl adjacent to an activating group) is 3. The number of aromatic nitrogens is 3. The lowest BCUT2D eigenvalue weighted by molar-refractivity contribution is -0.389. The predicted octanol–water partition coefficient (Wildman–Crippen LogP) is 2.58. The summed E-state index contributed by atoms with van der Waals surface area (Å²) < 4.78 is 12.1. The van der Waals surface area contributed by atoms with Crippen LogP contribution in [0.25, 0.3) is 0 Å². The lowest BCUT2D eigenvalue weighted by Gasteiger charge is -2.39. The van der Waals surface area contributed by atoms with Crippen molar-refractivity contribution < 1.29 is 29.3 Å². The fourth-order valence-corrected chi connectivity index (χ4v) is 6.87. The Balaban J connectivity index is 0.000000219. The highest BCUT2D eigenvalue weighted by Gasteiger charge is 2.29. The third kappa shape index (κ3) is 16.2. The first-order valence-electron chi connectivity index (χ1n) is 20.0. The second kappa shape index (κ2) is 24.5. The zero-order valence-electron chi connectivity index (χ0n) is 35.0. The lowest BCUT2D eigenvalue weighted by Crippen LogP contribution is -2.51. The van der Waals surface area contributed by atoms with Crippen molar-refractivity contribution in [1.29, 1.82) is 0 Å². The van der Waals surface area contributed by atoms with E-state index in [0.717, 1.165) is 94.7 Å². The van der Waals surface area contributed by atoms with Crippen molar-refractivity contribution in [3.8, 4) is 0 Å². The highest BCUT2D eigenvalue weighted by atomic mass is 19.1. The summed E-state index contributed by atoms with van der Waals surface area (Å²) in [7, 11) is 4.66. The first-order valence-corrected chi connectivity index (χ1v) is 20.0. The van der Waals surface area contributed by atoms with Gasteiger partial charge in [-0.25, -0.2) is 9.37 Å². The van der Waals surface area contributed by atoms with Gasteiger partial charge in [0.05, 0.1) is 17.6 Å². The molecule has 3 aliphatic rings. The van der Waals surface area contributed by atoms with Crippen molar-refractivity contribution >= 4 is 50.0 Å². The van der Waals surface area contributed by atoms with Gasteiger partial charge in [-0.1, -0.05) is 0 Å². The molecule has 0 unspecified atom stereocenters. The molecule has 6 N–H and O–H groups in total. The van der Waals surface area contributed by atoms with Gasteiger partial charge in [0.25, 0.3) is 0 Å². The van der Waals surface area contributed by atoms with Crippen LogP contribution in [0, 0.1) is 26.0 Å². The van der Waals surface area contributed by atoms with Crippen molar-refractivity contribution in [3.05, 3.63) is 81.0 Å². The van der Waals surface area contributed by atoms with Crippen LogP contribution in [0.4, 0.5) is 33.2 Å². The Morgan fingerprint density at radius 2 is 1.15 bits per heavy atom. The summed E-state index contributed by atoms with van der Waals surface area (Å²) in [6.07, 6.45) is 10.9. The summed E-state index contributed by atoms with van der Waals surface area (Å²) >= 11 is 0. The molecule has 0 radical (unpaired) electrons. The average Bonchev–Trinajstić information content (AvgIpc) is 3.24. The Morgan fingerprint density at radius 1 is 0.712 bits per heavy atom. The van der Waals surface area contributed by atoms with E-state index in [4.69, 9.17) is 5.73 Å². The van der Waals surface area contributed by atoms with Crippen LogP contribution in [0.1, 0.15) is 38.5 Å². The van der Waals surface area contributed by atoms with Crippen LogP contribution in [-0.4, -0.2) is 154 Å². The molecule has 3 aromatic heterocycles. The van der Waals surface area contributed by atoms with Crippen molar-refractivity contribution in [1.82, 2.24) is 34.7 Å². The molecule has 0 bridgehead atoms. The molecule has 3 aromatic rings. The number of anilines is 3. The molecule has 0 saturated carbocycles. The second-order valence-corrected chi connectivity index (χ2v) is 15.0. The maximum atomic E-state index is 12.1. The first kappa shape index (κ1) is 48.9. The third-order valence-corrected chi connectivity index (χ3v) is 10.9. The van der Waals surface area contributed by atoms with Gasteiger partial charge in [-0.2, -0.15) is 0 Å². The van der Waals surface area contributed by atoms with Gasteiger partial charge in [-0.3, -0.25) is 0 Å². The highest BCUT2D eigenvalue weighted by Crippen LogP contribution is 2.24. The topological polar surface area (TPSA) is 240 Å². The van der Waals surface area contributed by atoms with Crippen molar-refractivity contribution in [2.75, 3.05) is 75.9 Å². The van der Waals surface area contributed by atoms with Gasteiger partial charge in [0.15, 0.2) is 18.2 Å². The SMILES string of the molecule is CB(O)N(C)[C@@H]1CCCN(c2ccc(N)nc2)C1.CB(O)N(C)[C@@H]1CCCN(c2ccc([N+](=O)[O-])nc2)C1.CB(O)N(C)[C@@H]1CCCNC1.O=[N+]([O-])c1ccc(F)cn1. The average molecular weight is 824 g/mol. The molecular formula is C36H60B3FN12O7. The molecule has 3 aliphatic heterocycles. The smallest absolute Gasteiger partial charge is 0.376 e. The zero-order valence-corrected chi connectivity index (χ0v) is 35.0. The number of hydrogen-bond donors (Lipinski definition) is 5. The Labute approximate surface area is 347 Å². The third-order valence-electron chi connectivity index (χ3n) is 10.9. The maximum Gasteiger partial charge on any atom is 0.376 e. The number of hydrogen-bond acceptors (Lipinski definition) is 17. The van der Waals surface area contributed by atoms with Crippen LogP contribution in [0.3, 0.4) is 0 Å². The van der Waals surface area contributed by atoms with Gasteiger partial charge in [0, 0.05) is 63.0 Å². The summed E-state index contributed by atoms with van der Waals surface area (Å²) in [6, 6.07) is 10.2. The standard InChI is InChI=1S/C12H19BN4O3.C12H21BN4O.C7H17BN2O.C5H3FN2O2/c1-13(18)15(2)11-4-3-7-16(9-11)10-5-6-12(14-8-10)17(19)20;1-13(18)16(2)11-4-3-7-17(9-11)10-5-6-12(14)15-8-10;1-8(11)10(2)7-4-3-5-9-6-7;6-4-1-2-5(7-3-4)8(9)10/h5-6,8,11,18H,3-4,7,9H2,1-2H3;5-6,8,11,18H,3-4,7,9H2,1-2H3,(H2,14,15);7,9,11H,3-6H2,1-2H3;1-3H/t2*11-;7-;/m111./s1. The Hall–Kier alpha value is -4.51. The lowest BCUT2D eigenvalue weighted by atomic mass is 9.82. The van der Waals surface area contributed by atoms with Gasteiger partial charge in [-0.05, 0) is 131 Å². The van der Waals surface area contributed by atoms with E-state index in [1.54, 1.807) is 19.1 Å². The van der Waals surface area contributed by atoms with Crippen LogP contribution in [0.5, 0.6) is 0 Å². The molecule has 23 heteroatoms. The zero-order chi connectivity index (χ0) is 43.6. The number of piperidine rings is 3. The normalized spacial score (nSPS) is 19.0. The Bertz CT molecular complexity index is 1690. The van der Waals surface area contributed by atoms with Crippen LogP contribution < -0.4 is 20.9 Å². The van der Waals surface area contributed by atoms with Crippen LogP contribution in [0.2, 0.25) is 20.5 Å². The molecular weight excluding hydrogens is 764 g/mol. The molecule has 0 aliphatic carbocycles. The van der Waals surface area contributed by atoms with E-state index in [1.165, 1.54) is 18.9 Å².